The summed E-state index contributed by atoms with van der Waals surface area (Å²) in [5.41, 5.74) is 1.27. The van der Waals surface area contributed by atoms with Crippen molar-refractivity contribution in [1.29, 1.82) is 0 Å². The number of aromatic nitrogens is 3. The number of aryl methyl sites for hydroxylation is 1. The Balaban J connectivity index is 1.37. The fourth-order valence-electron chi connectivity index (χ4n) is 3.36. The zero-order chi connectivity index (χ0) is 20.6. The number of carbonyl (C=O) groups is 2. The molecule has 0 spiro atoms. The lowest BCUT2D eigenvalue weighted by Crippen LogP contribution is -2.51. The van der Waals surface area contributed by atoms with E-state index < -0.39 is 0 Å². The Kier molecular flexibility index (Phi) is 7.69. The van der Waals surface area contributed by atoms with Crippen molar-refractivity contribution in [2.24, 2.45) is 0 Å². The molecule has 2 heterocycles. The summed E-state index contributed by atoms with van der Waals surface area (Å²) in [4.78, 5) is 28.7. The van der Waals surface area contributed by atoms with E-state index in [4.69, 9.17) is 0 Å². The zero-order valence-corrected chi connectivity index (χ0v) is 18.0. The molecule has 0 atom stereocenters. The summed E-state index contributed by atoms with van der Waals surface area (Å²) in [6.07, 6.45) is 4.03. The van der Waals surface area contributed by atoms with Gasteiger partial charge in [-0.15, -0.1) is 10.2 Å². The second-order valence-electron chi connectivity index (χ2n) is 7.50. The number of thioether (sulfide) groups is 1. The Morgan fingerprint density at radius 1 is 1.03 bits per heavy atom. The van der Waals surface area contributed by atoms with Gasteiger partial charge >= 0.3 is 0 Å². The Morgan fingerprint density at radius 2 is 1.69 bits per heavy atom. The minimum absolute atomic E-state index is 0.0875. The molecule has 0 saturated carbocycles. The summed E-state index contributed by atoms with van der Waals surface area (Å²) in [5, 5.41) is 8.79. The van der Waals surface area contributed by atoms with Crippen molar-refractivity contribution in [3.8, 4) is 0 Å². The van der Waals surface area contributed by atoms with Gasteiger partial charge in [-0.1, -0.05) is 42.1 Å². The predicted octanol–water partition coefficient (Wildman–Crippen LogP) is 2.64. The lowest BCUT2D eigenvalue weighted by molar-refractivity contribution is -0.138. The van der Waals surface area contributed by atoms with Crippen LogP contribution in [0.15, 0.2) is 41.8 Å². The maximum Gasteiger partial charge on any atom is 0.233 e. The molecule has 0 unspecified atom stereocenters. The Bertz CT molecular complexity index is 800. The molecular formula is C21H29N5O2S. The van der Waals surface area contributed by atoms with E-state index in [1.54, 1.807) is 6.33 Å². The van der Waals surface area contributed by atoms with Crippen LogP contribution in [-0.4, -0.2) is 68.3 Å². The first-order valence-electron chi connectivity index (χ1n) is 10.2. The van der Waals surface area contributed by atoms with Crippen molar-refractivity contribution >= 4 is 23.6 Å². The summed E-state index contributed by atoms with van der Waals surface area (Å²) in [6.45, 7) is 6.55. The van der Waals surface area contributed by atoms with Crippen LogP contribution in [0.25, 0.3) is 0 Å². The highest BCUT2D eigenvalue weighted by Crippen LogP contribution is 2.19. The molecule has 1 aromatic heterocycles. The van der Waals surface area contributed by atoms with Crippen molar-refractivity contribution in [2.45, 2.75) is 44.3 Å². The maximum atomic E-state index is 12.5. The molecule has 1 aliphatic rings. The molecule has 3 rings (SSSR count). The van der Waals surface area contributed by atoms with Crippen LogP contribution in [0.2, 0.25) is 0 Å². The van der Waals surface area contributed by atoms with Crippen LogP contribution in [0.1, 0.15) is 38.3 Å². The fraction of sp³-hybridized carbons (Fsp3) is 0.524. The quantitative estimate of drug-likeness (QED) is 0.620. The van der Waals surface area contributed by atoms with Gasteiger partial charge in [-0.05, 0) is 32.3 Å². The molecule has 0 radical (unpaired) electrons. The van der Waals surface area contributed by atoms with Crippen LogP contribution >= 0.6 is 11.8 Å². The first kappa shape index (κ1) is 21.4. The van der Waals surface area contributed by atoms with Gasteiger partial charge in [0.05, 0.1) is 5.75 Å². The van der Waals surface area contributed by atoms with Crippen LogP contribution < -0.4 is 0 Å². The molecule has 0 bridgehead atoms. The van der Waals surface area contributed by atoms with Crippen molar-refractivity contribution in [1.82, 2.24) is 24.6 Å². The molecule has 29 heavy (non-hydrogen) atoms. The number of benzene rings is 1. The third-order valence-electron chi connectivity index (χ3n) is 5.11. The summed E-state index contributed by atoms with van der Waals surface area (Å²) in [5.74, 6) is 0.619. The van der Waals surface area contributed by atoms with Gasteiger partial charge in [0.2, 0.25) is 11.8 Å². The fourth-order valence-corrected chi connectivity index (χ4v) is 4.31. The number of rotatable bonds is 8. The summed E-state index contributed by atoms with van der Waals surface area (Å²) in [6, 6.07) is 10.5. The molecule has 1 saturated heterocycles. The van der Waals surface area contributed by atoms with Gasteiger partial charge in [0.15, 0.2) is 5.16 Å². The number of piperazine rings is 1. The van der Waals surface area contributed by atoms with Crippen molar-refractivity contribution < 1.29 is 9.59 Å². The normalized spacial score (nSPS) is 14.4. The highest BCUT2D eigenvalue weighted by atomic mass is 32.2. The highest BCUT2D eigenvalue weighted by molar-refractivity contribution is 7.99. The van der Waals surface area contributed by atoms with Gasteiger partial charge in [0, 0.05) is 38.6 Å². The minimum atomic E-state index is 0.0875. The van der Waals surface area contributed by atoms with E-state index in [0.717, 1.165) is 18.0 Å². The Morgan fingerprint density at radius 3 is 2.34 bits per heavy atom. The first-order chi connectivity index (χ1) is 14.0. The monoisotopic (exact) mass is 415 g/mol. The third-order valence-corrected chi connectivity index (χ3v) is 6.05. The van der Waals surface area contributed by atoms with Crippen LogP contribution in [-0.2, 0) is 16.0 Å². The van der Waals surface area contributed by atoms with E-state index in [2.05, 4.69) is 36.2 Å². The smallest absolute Gasteiger partial charge is 0.233 e. The molecule has 1 aromatic carbocycles. The third kappa shape index (κ3) is 6.06. The predicted molar refractivity (Wildman–Crippen MR) is 114 cm³/mol. The van der Waals surface area contributed by atoms with E-state index in [-0.39, 0.29) is 17.9 Å². The number of hydrogen-bond donors (Lipinski definition) is 0. The van der Waals surface area contributed by atoms with Crippen LogP contribution in [0.3, 0.4) is 0 Å². The van der Waals surface area contributed by atoms with Crippen LogP contribution in [0.5, 0.6) is 0 Å². The van der Waals surface area contributed by atoms with Gasteiger partial charge in [0.25, 0.3) is 0 Å². The molecule has 1 aliphatic heterocycles. The van der Waals surface area contributed by atoms with Gasteiger partial charge in [-0.25, -0.2) is 0 Å². The number of amides is 2. The zero-order valence-electron chi connectivity index (χ0n) is 17.2. The van der Waals surface area contributed by atoms with Crippen LogP contribution in [0.4, 0.5) is 0 Å². The topological polar surface area (TPSA) is 71.3 Å². The van der Waals surface area contributed by atoms with E-state index >= 15 is 0 Å². The maximum absolute atomic E-state index is 12.5. The highest BCUT2D eigenvalue weighted by Gasteiger charge is 2.24. The summed E-state index contributed by atoms with van der Waals surface area (Å²) >= 11 is 1.42. The molecule has 2 aromatic rings. The molecule has 156 valence electrons. The minimum Gasteiger partial charge on any atom is -0.339 e. The molecular weight excluding hydrogens is 386 g/mol. The molecule has 2 amide bonds. The van der Waals surface area contributed by atoms with E-state index in [1.807, 2.05) is 32.6 Å². The molecule has 0 aliphatic carbocycles. The number of hydrogen-bond acceptors (Lipinski definition) is 5. The average molecular weight is 416 g/mol. The van der Waals surface area contributed by atoms with E-state index in [0.29, 0.717) is 38.4 Å². The number of carbonyl (C=O) groups excluding carboxylic acids is 2. The lowest BCUT2D eigenvalue weighted by Gasteiger charge is -2.34. The van der Waals surface area contributed by atoms with Gasteiger partial charge in [-0.3, -0.25) is 9.59 Å². The Labute approximate surface area is 176 Å². The second-order valence-corrected chi connectivity index (χ2v) is 8.45. The Hall–Kier alpha value is -2.35. The van der Waals surface area contributed by atoms with Crippen molar-refractivity contribution in [3.05, 3.63) is 42.2 Å². The molecule has 7 nitrogen and oxygen atoms in total. The first-order valence-corrected chi connectivity index (χ1v) is 11.1. The SMILES string of the molecule is CC(C)n1cnnc1SCC(=O)N1CCN(C(=O)CCCc2ccccc2)CC1. The van der Waals surface area contributed by atoms with E-state index in [9.17, 15) is 9.59 Å². The largest absolute Gasteiger partial charge is 0.339 e. The van der Waals surface area contributed by atoms with Gasteiger partial charge in [-0.2, -0.15) is 0 Å². The molecule has 8 heteroatoms. The molecule has 0 N–H and O–H groups in total. The summed E-state index contributed by atoms with van der Waals surface area (Å²) < 4.78 is 1.96. The molecule has 1 fully saturated rings. The standard InChI is InChI=1S/C21H29N5O2S/c1-17(2)26-16-22-23-21(26)29-15-20(28)25-13-11-24(12-14-25)19(27)10-6-9-18-7-4-3-5-8-18/h3-5,7-8,16-17H,6,9-15H2,1-2H3. The second kappa shape index (κ2) is 10.4. The van der Waals surface area contributed by atoms with Crippen molar-refractivity contribution in [3.63, 3.8) is 0 Å². The lowest BCUT2D eigenvalue weighted by atomic mass is 10.1. The average Bonchev–Trinajstić information content (AvgIpc) is 3.22. The van der Waals surface area contributed by atoms with Crippen molar-refractivity contribution in [2.75, 3.05) is 31.9 Å². The summed E-state index contributed by atoms with van der Waals surface area (Å²) in [7, 11) is 0. The van der Waals surface area contributed by atoms with Gasteiger partial charge < -0.3 is 14.4 Å². The van der Waals surface area contributed by atoms with E-state index in [1.165, 1.54) is 17.3 Å². The van der Waals surface area contributed by atoms with Gasteiger partial charge in [0.1, 0.15) is 6.33 Å². The van der Waals surface area contributed by atoms with Crippen LogP contribution in [0, 0.1) is 0 Å². The number of nitrogens with zero attached hydrogens (tertiary/aromatic N) is 5.